The smallest absolute Gasteiger partial charge is 0.249 e. The Balaban J connectivity index is 1.60. The topological polar surface area (TPSA) is 85.4 Å². The lowest BCUT2D eigenvalue weighted by molar-refractivity contribution is 0.241. The van der Waals surface area contributed by atoms with Gasteiger partial charge in [-0.1, -0.05) is 18.2 Å². The van der Waals surface area contributed by atoms with Crippen molar-refractivity contribution in [1.82, 2.24) is 30.3 Å². The molecular formula is C23H31N9. The summed E-state index contributed by atoms with van der Waals surface area (Å²) < 4.78 is 1.85. The molecule has 0 spiro atoms. The monoisotopic (exact) mass is 433 g/mol. The first-order chi connectivity index (χ1) is 15.5. The molecule has 1 aromatic carbocycles. The van der Waals surface area contributed by atoms with Gasteiger partial charge in [0.1, 0.15) is 11.7 Å². The summed E-state index contributed by atoms with van der Waals surface area (Å²) in [5.74, 6) is 2.93. The van der Waals surface area contributed by atoms with E-state index < -0.39 is 0 Å². The van der Waals surface area contributed by atoms with E-state index in [1.54, 1.807) is 11.2 Å². The van der Waals surface area contributed by atoms with Crippen molar-refractivity contribution in [2.75, 3.05) is 33.2 Å². The van der Waals surface area contributed by atoms with Gasteiger partial charge in [-0.05, 0) is 50.1 Å². The maximum atomic E-state index is 4.83. The molecule has 2 aliphatic rings. The zero-order valence-electron chi connectivity index (χ0n) is 19.0. The van der Waals surface area contributed by atoms with Crippen LogP contribution >= 0.6 is 0 Å². The van der Waals surface area contributed by atoms with Crippen LogP contribution in [0.4, 0.5) is 0 Å². The maximum absolute atomic E-state index is 4.83. The van der Waals surface area contributed by atoms with Gasteiger partial charge < -0.3 is 10.6 Å². The van der Waals surface area contributed by atoms with Gasteiger partial charge in [-0.3, -0.25) is 4.90 Å². The standard InChI is InChI=1S/C23H31N9/c1-17(2)22-28-21(16-30(4)15-18-12-25-13-18)29-23(32(22)24-3)26-14-19-8-5-6-9-20(19)31-11-7-10-27-31/h5-11,18,25H,3,12-16H2,1-2,4H3,(H,26,28,29). The van der Waals surface area contributed by atoms with E-state index in [1.165, 1.54) is 0 Å². The summed E-state index contributed by atoms with van der Waals surface area (Å²) in [4.78, 5) is 11.9. The van der Waals surface area contributed by atoms with E-state index in [0.29, 0.717) is 25.0 Å². The van der Waals surface area contributed by atoms with Gasteiger partial charge in [0.15, 0.2) is 0 Å². The zero-order valence-corrected chi connectivity index (χ0v) is 19.0. The summed E-state index contributed by atoms with van der Waals surface area (Å²) in [5, 5.41) is 17.0. The highest BCUT2D eigenvalue weighted by molar-refractivity contribution is 6.01. The summed E-state index contributed by atoms with van der Waals surface area (Å²) in [5.41, 5.74) is 3.13. The quantitative estimate of drug-likeness (QED) is 0.623. The van der Waals surface area contributed by atoms with E-state index in [9.17, 15) is 0 Å². The number of hydrogen-bond donors (Lipinski definition) is 2. The van der Waals surface area contributed by atoms with Gasteiger partial charge >= 0.3 is 0 Å². The van der Waals surface area contributed by atoms with E-state index in [0.717, 1.165) is 48.1 Å². The highest BCUT2D eigenvalue weighted by Crippen LogP contribution is 2.18. The first-order valence-electron chi connectivity index (χ1n) is 10.9. The van der Waals surface area contributed by atoms with Crippen molar-refractivity contribution in [3.8, 4) is 5.69 Å². The Labute approximate surface area is 189 Å². The third kappa shape index (κ3) is 4.95. The molecular weight excluding hydrogens is 402 g/mol. The molecule has 9 heteroatoms. The molecule has 32 heavy (non-hydrogen) atoms. The minimum absolute atomic E-state index is 0.452. The number of allylic oxidation sites excluding steroid dienone is 1. The average molecular weight is 434 g/mol. The van der Waals surface area contributed by atoms with Crippen LogP contribution in [0.1, 0.15) is 19.4 Å². The predicted molar refractivity (Wildman–Crippen MR) is 129 cm³/mol. The van der Waals surface area contributed by atoms with Crippen LogP contribution in [0.3, 0.4) is 0 Å². The number of para-hydroxylation sites is 1. The van der Waals surface area contributed by atoms with Crippen molar-refractivity contribution < 1.29 is 0 Å². The predicted octanol–water partition coefficient (Wildman–Crippen LogP) is 2.05. The molecule has 1 saturated heterocycles. The second-order valence-electron chi connectivity index (χ2n) is 8.40. The number of nitrogens with one attached hydrogen (secondary N) is 2. The summed E-state index contributed by atoms with van der Waals surface area (Å²) >= 11 is 0. The van der Waals surface area contributed by atoms with Crippen LogP contribution < -0.4 is 10.6 Å². The second-order valence-corrected chi connectivity index (χ2v) is 8.40. The number of hydrogen-bond acceptors (Lipinski definition) is 6. The Morgan fingerprint density at radius 2 is 2.06 bits per heavy atom. The van der Waals surface area contributed by atoms with Gasteiger partial charge in [0.25, 0.3) is 0 Å². The Morgan fingerprint density at radius 1 is 1.25 bits per heavy atom. The second kappa shape index (κ2) is 9.88. The first kappa shape index (κ1) is 21.9. The maximum Gasteiger partial charge on any atom is 0.249 e. The van der Waals surface area contributed by atoms with Gasteiger partial charge in [0.2, 0.25) is 5.96 Å². The van der Waals surface area contributed by atoms with Gasteiger partial charge in [0, 0.05) is 38.7 Å². The molecule has 9 nitrogen and oxygen atoms in total. The molecule has 168 valence electrons. The average Bonchev–Trinajstić information content (AvgIpc) is 3.29. The van der Waals surface area contributed by atoms with E-state index in [4.69, 9.17) is 9.98 Å². The van der Waals surface area contributed by atoms with Crippen molar-refractivity contribution in [3.63, 3.8) is 0 Å². The lowest BCUT2D eigenvalue weighted by Gasteiger charge is -2.33. The van der Waals surface area contributed by atoms with Crippen molar-refractivity contribution in [1.29, 1.82) is 0 Å². The number of rotatable bonds is 8. The highest BCUT2D eigenvalue weighted by Gasteiger charge is 2.25. The largest absolute Gasteiger partial charge is 0.327 e. The molecule has 2 N–H and O–H groups in total. The molecule has 3 heterocycles. The molecule has 0 unspecified atom stereocenters. The van der Waals surface area contributed by atoms with Crippen molar-refractivity contribution in [3.05, 3.63) is 59.7 Å². The summed E-state index contributed by atoms with van der Waals surface area (Å²) in [6.07, 6.45) is 3.70. The Bertz CT molecular complexity index is 1030. The molecule has 1 fully saturated rings. The minimum Gasteiger partial charge on any atom is -0.327 e. The number of benzene rings is 1. The van der Waals surface area contributed by atoms with Crippen LogP contribution in [0.2, 0.25) is 0 Å². The molecule has 0 aliphatic carbocycles. The van der Waals surface area contributed by atoms with Crippen molar-refractivity contribution in [2.24, 2.45) is 21.0 Å². The summed E-state index contributed by atoms with van der Waals surface area (Å²) in [6, 6.07) is 10.0. The number of aromatic nitrogens is 2. The van der Waals surface area contributed by atoms with E-state index in [2.05, 4.69) is 45.6 Å². The Morgan fingerprint density at radius 3 is 2.72 bits per heavy atom. The van der Waals surface area contributed by atoms with Crippen LogP contribution in [0, 0.1) is 5.92 Å². The fraction of sp³-hybridized carbons (Fsp3) is 0.391. The number of hydrazone groups is 1. The normalized spacial score (nSPS) is 17.9. The lowest BCUT2D eigenvalue weighted by atomic mass is 10.0. The Kier molecular flexibility index (Phi) is 6.77. The van der Waals surface area contributed by atoms with Crippen LogP contribution in [0.5, 0.6) is 0 Å². The number of guanidine groups is 1. The minimum atomic E-state index is 0.452. The van der Waals surface area contributed by atoms with Gasteiger partial charge in [-0.25, -0.2) is 9.67 Å². The Hall–Kier alpha value is -3.30. The molecule has 1 aromatic heterocycles. The van der Waals surface area contributed by atoms with Crippen LogP contribution in [0.25, 0.3) is 5.69 Å². The molecule has 4 rings (SSSR count). The molecule has 0 amide bonds. The third-order valence-corrected chi connectivity index (χ3v) is 5.50. The van der Waals surface area contributed by atoms with Gasteiger partial charge in [0.05, 0.1) is 18.8 Å². The molecule has 2 aliphatic heterocycles. The molecule has 0 saturated carbocycles. The van der Waals surface area contributed by atoms with Gasteiger partial charge in [-0.15, -0.1) is 0 Å². The molecule has 0 bridgehead atoms. The zero-order chi connectivity index (χ0) is 22.5. The fourth-order valence-electron chi connectivity index (χ4n) is 3.81. The van der Waals surface area contributed by atoms with Crippen LogP contribution in [-0.4, -0.2) is 71.4 Å². The number of aliphatic imine (C=N–C) groups is 2. The lowest BCUT2D eigenvalue weighted by Crippen LogP contribution is -2.50. The molecule has 2 aromatic rings. The van der Waals surface area contributed by atoms with Gasteiger partial charge in [-0.2, -0.15) is 20.2 Å². The number of amidine groups is 1. The first-order valence-corrected chi connectivity index (χ1v) is 10.9. The number of nitrogens with zero attached hydrogens (tertiary/aromatic N) is 7. The third-order valence-electron chi connectivity index (χ3n) is 5.50. The molecule has 0 atom stereocenters. The van der Waals surface area contributed by atoms with E-state index in [-0.39, 0.29) is 0 Å². The van der Waals surface area contributed by atoms with Crippen LogP contribution in [-0.2, 0) is 6.54 Å². The van der Waals surface area contributed by atoms with E-state index >= 15 is 0 Å². The van der Waals surface area contributed by atoms with Crippen LogP contribution in [0.15, 0.2) is 69.2 Å². The molecule has 0 radical (unpaired) electrons. The van der Waals surface area contributed by atoms with E-state index in [1.807, 2.05) is 49.0 Å². The SMILES string of the molecule is C=NN1C(=NCc2ccccc2-n2cccn2)N=C(CN(C)CC2CNC2)NC1=C(C)C. The number of likely N-dealkylation sites (N-methyl/N-ethyl adjacent to an activating group) is 1. The fourth-order valence-corrected chi connectivity index (χ4v) is 3.81. The summed E-state index contributed by atoms with van der Waals surface area (Å²) in [6.45, 7) is 12.2. The summed E-state index contributed by atoms with van der Waals surface area (Å²) in [7, 11) is 2.12. The highest BCUT2D eigenvalue weighted by atomic mass is 15.6. The van der Waals surface area contributed by atoms with Crippen molar-refractivity contribution >= 4 is 18.5 Å². The van der Waals surface area contributed by atoms with Crippen molar-refractivity contribution in [2.45, 2.75) is 20.4 Å².